The molecule has 1 atom stereocenters. The van der Waals surface area contributed by atoms with E-state index in [1.54, 1.807) is 6.20 Å². The summed E-state index contributed by atoms with van der Waals surface area (Å²) in [5.74, 6) is 0. The molecule has 17 heavy (non-hydrogen) atoms. The summed E-state index contributed by atoms with van der Waals surface area (Å²) in [5, 5.41) is 3.97. The lowest BCUT2D eigenvalue weighted by molar-refractivity contribution is 0.749. The van der Waals surface area contributed by atoms with Gasteiger partial charge in [-0.15, -0.1) is 0 Å². The summed E-state index contributed by atoms with van der Waals surface area (Å²) in [5.41, 5.74) is 2.28. The predicted molar refractivity (Wildman–Crippen MR) is 72.3 cm³/mol. The van der Waals surface area contributed by atoms with Gasteiger partial charge in [-0.1, -0.05) is 48.9 Å². The van der Waals surface area contributed by atoms with Gasteiger partial charge in [-0.2, -0.15) is 0 Å². The lowest BCUT2D eigenvalue weighted by Crippen LogP contribution is -2.09. The number of hydrogen-bond acceptors (Lipinski definition) is 2. The Morgan fingerprint density at radius 1 is 1.24 bits per heavy atom. The molecule has 1 aromatic carbocycles. The van der Waals surface area contributed by atoms with Crippen LogP contribution in [0.3, 0.4) is 0 Å². The van der Waals surface area contributed by atoms with Crippen LogP contribution in [0.2, 0.25) is 5.15 Å². The third-order valence-corrected chi connectivity index (χ3v) is 2.88. The summed E-state index contributed by atoms with van der Waals surface area (Å²) in [7, 11) is 0. The van der Waals surface area contributed by atoms with E-state index in [1.165, 1.54) is 5.56 Å². The van der Waals surface area contributed by atoms with E-state index in [2.05, 4.69) is 41.5 Å². The van der Waals surface area contributed by atoms with Gasteiger partial charge < -0.3 is 5.32 Å². The molecule has 0 aliphatic heterocycles. The van der Waals surface area contributed by atoms with Gasteiger partial charge in [0.2, 0.25) is 0 Å². The summed E-state index contributed by atoms with van der Waals surface area (Å²) in [6.07, 6.45) is 2.73. The molecule has 3 heteroatoms. The number of pyridine rings is 1. The van der Waals surface area contributed by atoms with Crippen molar-refractivity contribution in [3.8, 4) is 0 Å². The van der Waals surface area contributed by atoms with Gasteiger partial charge in [0.15, 0.2) is 0 Å². The average molecular weight is 247 g/mol. The highest BCUT2D eigenvalue weighted by Crippen LogP contribution is 2.23. The van der Waals surface area contributed by atoms with Crippen molar-refractivity contribution in [2.45, 2.75) is 19.4 Å². The van der Waals surface area contributed by atoms with Crippen LogP contribution in [-0.4, -0.2) is 4.98 Å². The number of benzene rings is 1. The molecule has 0 saturated heterocycles. The molecule has 0 saturated carbocycles. The molecule has 1 aromatic heterocycles. The van der Waals surface area contributed by atoms with E-state index in [-0.39, 0.29) is 0 Å². The van der Waals surface area contributed by atoms with Crippen molar-refractivity contribution in [3.63, 3.8) is 0 Å². The van der Waals surface area contributed by atoms with Gasteiger partial charge in [0.05, 0.1) is 6.04 Å². The van der Waals surface area contributed by atoms with E-state index in [9.17, 15) is 0 Å². The molecular weight excluding hydrogens is 232 g/mol. The molecule has 2 aromatic rings. The summed E-state index contributed by atoms with van der Waals surface area (Å²) in [4.78, 5) is 3.97. The number of anilines is 1. The van der Waals surface area contributed by atoms with Gasteiger partial charge in [0.1, 0.15) is 5.15 Å². The Labute approximate surface area is 107 Å². The lowest BCUT2D eigenvalue weighted by atomic mass is 10.0. The lowest BCUT2D eigenvalue weighted by Gasteiger charge is -2.18. The first-order valence-electron chi connectivity index (χ1n) is 5.72. The third-order valence-electron chi connectivity index (χ3n) is 2.68. The summed E-state index contributed by atoms with van der Waals surface area (Å²) in [6, 6.07) is 14.5. The second-order valence-electron chi connectivity index (χ2n) is 3.88. The molecule has 0 aliphatic carbocycles. The number of hydrogen-bond donors (Lipinski definition) is 1. The maximum Gasteiger partial charge on any atom is 0.131 e. The number of nitrogens with zero attached hydrogens (tertiary/aromatic N) is 1. The number of rotatable bonds is 4. The number of aromatic nitrogens is 1. The molecule has 88 valence electrons. The van der Waals surface area contributed by atoms with Crippen molar-refractivity contribution in [2.24, 2.45) is 0 Å². The number of halogens is 1. The highest BCUT2D eigenvalue weighted by molar-refractivity contribution is 6.29. The van der Waals surface area contributed by atoms with Crippen LogP contribution < -0.4 is 5.32 Å². The van der Waals surface area contributed by atoms with E-state index in [0.717, 1.165) is 12.1 Å². The fraction of sp³-hybridized carbons (Fsp3) is 0.214. The quantitative estimate of drug-likeness (QED) is 0.814. The minimum absolute atomic E-state index is 0.301. The van der Waals surface area contributed by atoms with Crippen LogP contribution in [-0.2, 0) is 0 Å². The minimum atomic E-state index is 0.301. The normalized spacial score (nSPS) is 12.1. The molecule has 0 bridgehead atoms. The predicted octanol–water partition coefficient (Wildman–Crippen LogP) is 4.30. The van der Waals surface area contributed by atoms with Crippen LogP contribution in [0.5, 0.6) is 0 Å². The highest BCUT2D eigenvalue weighted by Gasteiger charge is 2.08. The molecule has 0 fully saturated rings. The fourth-order valence-corrected chi connectivity index (χ4v) is 1.97. The Kier molecular flexibility index (Phi) is 3.99. The molecule has 1 unspecified atom stereocenters. The molecule has 2 nitrogen and oxygen atoms in total. The zero-order valence-electron chi connectivity index (χ0n) is 9.73. The van der Waals surface area contributed by atoms with Gasteiger partial charge in [-0.3, -0.25) is 0 Å². The molecule has 2 rings (SSSR count). The third kappa shape index (κ3) is 3.21. The fourth-order valence-electron chi connectivity index (χ4n) is 1.80. The van der Waals surface area contributed by atoms with Crippen molar-refractivity contribution in [1.82, 2.24) is 4.98 Å². The largest absolute Gasteiger partial charge is 0.378 e. The monoisotopic (exact) mass is 246 g/mol. The van der Waals surface area contributed by atoms with Crippen molar-refractivity contribution < 1.29 is 0 Å². The Hall–Kier alpha value is -1.54. The summed E-state index contributed by atoms with van der Waals surface area (Å²) in [6.45, 7) is 2.16. The topological polar surface area (TPSA) is 24.9 Å². The molecule has 0 spiro atoms. The summed E-state index contributed by atoms with van der Waals surface area (Å²) >= 11 is 5.87. The second kappa shape index (κ2) is 5.69. The second-order valence-corrected chi connectivity index (χ2v) is 4.27. The first kappa shape index (κ1) is 11.9. The maximum absolute atomic E-state index is 5.87. The average Bonchev–Trinajstić information content (AvgIpc) is 2.37. The zero-order chi connectivity index (χ0) is 12.1. The van der Waals surface area contributed by atoms with E-state index in [4.69, 9.17) is 11.6 Å². The van der Waals surface area contributed by atoms with E-state index in [1.807, 2.05) is 18.2 Å². The van der Waals surface area contributed by atoms with E-state index in [0.29, 0.717) is 11.2 Å². The van der Waals surface area contributed by atoms with Gasteiger partial charge in [-0.05, 0) is 24.1 Å². The van der Waals surface area contributed by atoms with Crippen molar-refractivity contribution >= 4 is 17.3 Å². The Morgan fingerprint density at radius 3 is 2.65 bits per heavy atom. The molecule has 1 N–H and O–H groups in total. The smallest absolute Gasteiger partial charge is 0.131 e. The highest BCUT2D eigenvalue weighted by atomic mass is 35.5. The Balaban J connectivity index is 2.16. The molecule has 1 heterocycles. The molecular formula is C14H15ClN2. The molecule has 0 amide bonds. The maximum atomic E-state index is 5.87. The van der Waals surface area contributed by atoms with Crippen LogP contribution in [0.25, 0.3) is 0 Å². The Bertz CT molecular complexity index is 471. The van der Waals surface area contributed by atoms with Crippen LogP contribution in [0.15, 0.2) is 48.7 Å². The van der Waals surface area contributed by atoms with Crippen molar-refractivity contribution in [2.75, 3.05) is 5.32 Å². The van der Waals surface area contributed by atoms with Crippen molar-refractivity contribution in [3.05, 3.63) is 59.4 Å². The van der Waals surface area contributed by atoms with Crippen LogP contribution in [0.1, 0.15) is 24.9 Å². The van der Waals surface area contributed by atoms with E-state index < -0.39 is 0 Å². The standard InChI is InChI=1S/C14H15ClN2/c1-2-13(11-6-4-3-5-7-11)17-12-8-9-16-14(15)10-12/h3-10,13H,2H2,1H3,(H,16,17). The van der Waals surface area contributed by atoms with E-state index >= 15 is 0 Å². The molecule has 0 radical (unpaired) electrons. The SMILES string of the molecule is CCC(Nc1ccnc(Cl)c1)c1ccccc1. The Morgan fingerprint density at radius 2 is 2.00 bits per heavy atom. The first-order chi connectivity index (χ1) is 8.29. The zero-order valence-corrected chi connectivity index (χ0v) is 10.5. The van der Waals surface area contributed by atoms with Crippen molar-refractivity contribution in [1.29, 1.82) is 0 Å². The first-order valence-corrected chi connectivity index (χ1v) is 6.10. The van der Waals surface area contributed by atoms with Crippen LogP contribution in [0.4, 0.5) is 5.69 Å². The molecule has 0 aliphatic rings. The van der Waals surface area contributed by atoms with Gasteiger partial charge in [0, 0.05) is 11.9 Å². The van der Waals surface area contributed by atoms with Crippen LogP contribution >= 0.6 is 11.6 Å². The summed E-state index contributed by atoms with van der Waals surface area (Å²) < 4.78 is 0. The van der Waals surface area contributed by atoms with Gasteiger partial charge >= 0.3 is 0 Å². The number of nitrogens with one attached hydrogen (secondary N) is 1. The minimum Gasteiger partial charge on any atom is -0.378 e. The van der Waals surface area contributed by atoms with Gasteiger partial charge in [0.25, 0.3) is 0 Å². The van der Waals surface area contributed by atoms with Gasteiger partial charge in [-0.25, -0.2) is 4.98 Å². The van der Waals surface area contributed by atoms with Crippen LogP contribution in [0, 0.1) is 0 Å².